The predicted molar refractivity (Wildman–Crippen MR) is 134 cm³/mol. The molecule has 0 bridgehead atoms. The third kappa shape index (κ3) is 6.70. The molecule has 34 heavy (non-hydrogen) atoms. The summed E-state index contributed by atoms with van der Waals surface area (Å²) >= 11 is 0. The second-order valence-corrected chi connectivity index (χ2v) is 7.99. The van der Waals surface area contributed by atoms with Gasteiger partial charge in [-0.1, -0.05) is 66.7 Å². The molecule has 3 rings (SSSR count). The predicted octanol–water partition coefficient (Wildman–Crippen LogP) is 3.94. The fourth-order valence-electron chi connectivity index (χ4n) is 3.76. The van der Waals surface area contributed by atoms with Gasteiger partial charge in [-0.3, -0.25) is 19.3 Å². The first-order chi connectivity index (χ1) is 16.6. The van der Waals surface area contributed by atoms with Crippen LogP contribution in [0.15, 0.2) is 91.0 Å². The highest BCUT2D eigenvalue weighted by Gasteiger charge is 2.36. The maximum Gasteiger partial charge on any atom is 0.261 e. The lowest BCUT2D eigenvalue weighted by molar-refractivity contribution is 0.0496. The van der Waals surface area contributed by atoms with Gasteiger partial charge in [-0.05, 0) is 63.2 Å². The van der Waals surface area contributed by atoms with Crippen LogP contribution in [-0.4, -0.2) is 48.2 Å². The van der Waals surface area contributed by atoms with Gasteiger partial charge in [-0.15, -0.1) is 0 Å². The monoisotopic (exact) mass is 457 g/mol. The van der Waals surface area contributed by atoms with Gasteiger partial charge < -0.3 is 11.1 Å². The Labute approximate surface area is 200 Å². The van der Waals surface area contributed by atoms with Gasteiger partial charge in [0.25, 0.3) is 11.8 Å². The summed E-state index contributed by atoms with van der Waals surface area (Å²) < 4.78 is 0. The molecule has 1 atom stereocenters. The number of hydrogen-bond acceptors (Lipinski definition) is 5. The van der Waals surface area contributed by atoms with Crippen molar-refractivity contribution in [3.05, 3.63) is 108 Å². The van der Waals surface area contributed by atoms with Crippen LogP contribution in [0.5, 0.6) is 0 Å². The van der Waals surface area contributed by atoms with Gasteiger partial charge in [-0.2, -0.15) is 0 Å². The van der Waals surface area contributed by atoms with Crippen LogP contribution in [0.3, 0.4) is 0 Å². The van der Waals surface area contributed by atoms with E-state index in [0.717, 1.165) is 17.9 Å². The minimum absolute atomic E-state index is 0.254. The Balaban J connectivity index is 1.96. The molecule has 0 saturated heterocycles. The molecule has 0 aliphatic carbocycles. The third-order valence-corrected chi connectivity index (χ3v) is 5.54. The van der Waals surface area contributed by atoms with Crippen LogP contribution in [0.25, 0.3) is 0 Å². The number of amides is 2. The van der Waals surface area contributed by atoms with Crippen LogP contribution in [-0.2, 0) is 0 Å². The van der Waals surface area contributed by atoms with E-state index in [1.807, 2.05) is 6.07 Å². The average molecular weight is 458 g/mol. The highest BCUT2D eigenvalue weighted by Crippen LogP contribution is 2.20. The fourth-order valence-corrected chi connectivity index (χ4v) is 3.76. The van der Waals surface area contributed by atoms with E-state index < -0.39 is 17.9 Å². The van der Waals surface area contributed by atoms with E-state index in [4.69, 9.17) is 5.73 Å². The van der Waals surface area contributed by atoms with Crippen molar-refractivity contribution in [3.8, 4) is 0 Å². The molecule has 3 aromatic rings. The lowest BCUT2D eigenvalue weighted by Crippen LogP contribution is -2.49. The van der Waals surface area contributed by atoms with E-state index in [9.17, 15) is 14.4 Å². The van der Waals surface area contributed by atoms with E-state index in [-0.39, 0.29) is 5.78 Å². The first-order valence-electron chi connectivity index (χ1n) is 11.6. The number of carbonyl (C=O) groups excluding carboxylic acids is 3. The van der Waals surface area contributed by atoms with Crippen LogP contribution in [0.2, 0.25) is 0 Å². The maximum absolute atomic E-state index is 13.6. The second kappa shape index (κ2) is 13.2. The molecule has 6 heteroatoms. The fraction of sp³-hybridized carbons (Fsp3) is 0.250. The number of hydrogen-bond donors (Lipinski definition) is 2. The summed E-state index contributed by atoms with van der Waals surface area (Å²) in [5, 5.41) is 3.30. The first kappa shape index (κ1) is 25.0. The van der Waals surface area contributed by atoms with E-state index in [2.05, 4.69) is 5.32 Å². The van der Waals surface area contributed by atoms with Crippen LogP contribution in [0, 0.1) is 0 Å². The van der Waals surface area contributed by atoms with Crippen LogP contribution in [0.1, 0.15) is 50.3 Å². The number of ketones is 1. The molecule has 0 radical (unpaired) electrons. The Morgan fingerprint density at radius 3 is 1.59 bits per heavy atom. The third-order valence-electron chi connectivity index (χ3n) is 5.54. The second-order valence-electron chi connectivity index (χ2n) is 7.99. The topological polar surface area (TPSA) is 92.5 Å². The zero-order chi connectivity index (χ0) is 24.2. The van der Waals surface area contributed by atoms with E-state index >= 15 is 0 Å². The first-order valence-corrected chi connectivity index (χ1v) is 11.6. The van der Waals surface area contributed by atoms with Crippen LogP contribution < -0.4 is 11.1 Å². The highest BCUT2D eigenvalue weighted by atomic mass is 16.2. The summed E-state index contributed by atoms with van der Waals surface area (Å²) in [4.78, 5) is 42.0. The molecular weight excluding hydrogens is 426 g/mol. The number of imide groups is 1. The quantitative estimate of drug-likeness (QED) is 0.244. The Morgan fingerprint density at radius 1 is 0.676 bits per heavy atom. The average Bonchev–Trinajstić information content (AvgIpc) is 2.90. The van der Waals surface area contributed by atoms with E-state index in [0.29, 0.717) is 42.6 Å². The molecule has 1 unspecified atom stereocenters. The van der Waals surface area contributed by atoms with Crippen molar-refractivity contribution in [2.75, 3.05) is 19.6 Å². The van der Waals surface area contributed by atoms with Crippen molar-refractivity contribution in [1.82, 2.24) is 10.2 Å². The summed E-state index contributed by atoms with van der Waals surface area (Å²) in [6.45, 7) is 2.04. The smallest absolute Gasteiger partial charge is 0.261 e. The molecule has 2 amide bonds. The highest BCUT2D eigenvalue weighted by molar-refractivity contribution is 6.14. The summed E-state index contributed by atoms with van der Waals surface area (Å²) in [5.41, 5.74) is 6.73. The molecule has 0 aromatic heterocycles. The summed E-state index contributed by atoms with van der Waals surface area (Å²) in [7, 11) is 0. The largest absolute Gasteiger partial charge is 0.330 e. The van der Waals surface area contributed by atoms with Gasteiger partial charge in [-0.25, -0.2) is 0 Å². The van der Waals surface area contributed by atoms with Crippen molar-refractivity contribution in [2.24, 2.45) is 5.73 Å². The summed E-state index contributed by atoms with van der Waals surface area (Å²) in [6, 6.07) is 25.1. The number of benzene rings is 3. The zero-order valence-electron chi connectivity index (χ0n) is 19.2. The summed E-state index contributed by atoms with van der Waals surface area (Å²) in [6.07, 6.45) is 1.83. The molecule has 0 fully saturated rings. The Kier molecular flexibility index (Phi) is 9.70. The van der Waals surface area contributed by atoms with E-state index in [1.165, 1.54) is 0 Å². The lowest BCUT2D eigenvalue weighted by Gasteiger charge is -2.30. The molecule has 176 valence electrons. The molecule has 3 aromatic carbocycles. The molecule has 3 N–H and O–H groups in total. The Bertz CT molecular complexity index is 1000. The number of nitrogens with two attached hydrogens (primary N) is 1. The van der Waals surface area contributed by atoms with Gasteiger partial charge in [0, 0.05) is 16.7 Å². The van der Waals surface area contributed by atoms with Gasteiger partial charge in [0.05, 0.1) is 0 Å². The zero-order valence-corrected chi connectivity index (χ0v) is 19.2. The van der Waals surface area contributed by atoms with Crippen molar-refractivity contribution < 1.29 is 14.4 Å². The number of carbonyl (C=O) groups is 3. The minimum atomic E-state index is -0.931. The van der Waals surface area contributed by atoms with Crippen LogP contribution in [0.4, 0.5) is 0 Å². The number of nitrogens with one attached hydrogen (secondary N) is 1. The molecular formula is C28H31N3O3. The SMILES string of the molecule is NCCCNCCCC(C(=O)c1ccccc1)N(C(=O)c1ccccc1)C(=O)c1ccccc1. The molecule has 6 nitrogen and oxygen atoms in total. The van der Waals surface area contributed by atoms with Gasteiger partial charge in [0.1, 0.15) is 6.04 Å². The van der Waals surface area contributed by atoms with Gasteiger partial charge in [0.15, 0.2) is 5.78 Å². The van der Waals surface area contributed by atoms with Gasteiger partial charge in [0.2, 0.25) is 0 Å². The van der Waals surface area contributed by atoms with Gasteiger partial charge >= 0.3 is 0 Å². The van der Waals surface area contributed by atoms with E-state index in [1.54, 1.807) is 84.9 Å². The summed E-state index contributed by atoms with van der Waals surface area (Å²) in [5.74, 6) is -1.23. The standard InChI is InChI=1S/C28H31N3O3/c29-19-11-21-30-20-10-18-25(26(32)22-12-4-1-5-13-22)31(27(33)23-14-6-2-7-15-23)28(34)24-16-8-3-9-17-24/h1-9,12-17,25,30H,10-11,18-21,29H2. The molecule has 0 aliphatic heterocycles. The number of rotatable bonds is 12. The number of nitrogens with zero attached hydrogens (tertiary/aromatic N) is 1. The number of Topliss-reactive ketones (excluding diaryl/α,β-unsaturated/α-hetero) is 1. The maximum atomic E-state index is 13.6. The van der Waals surface area contributed by atoms with Crippen LogP contribution >= 0.6 is 0 Å². The Morgan fingerprint density at radius 2 is 1.12 bits per heavy atom. The molecule has 0 aliphatic rings. The van der Waals surface area contributed by atoms with Crippen molar-refractivity contribution in [1.29, 1.82) is 0 Å². The lowest BCUT2D eigenvalue weighted by atomic mass is 9.96. The van der Waals surface area contributed by atoms with Crippen molar-refractivity contribution in [3.63, 3.8) is 0 Å². The Hall–Kier alpha value is -3.61. The van der Waals surface area contributed by atoms with Crippen molar-refractivity contribution >= 4 is 17.6 Å². The minimum Gasteiger partial charge on any atom is -0.330 e. The molecule has 0 spiro atoms. The molecule has 0 heterocycles. The van der Waals surface area contributed by atoms with Crippen molar-refractivity contribution in [2.45, 2.75) is 25.3 Å². The normalized spacial score (nSPS) is 11.6. The molecule has 0 saturated carbocycles.